The standard InChI is InChI=1S/C22H42N8O5/c1-13(2)17(19(32)28-15(21(34)35)8-5-11-27-22(25)26)29-18(31)16-9-6-12-30(16)20(33)14(24)7-3-4-10-23/h13-17H,3-12,23-24H2,1-2H3,(H,28,32)(H,29,31)(H,34,35)(H4,25,26,27). The highest BCUT2D eigenvalue weighted by molar-refractivity contribution is 5.94. The monoisotopic (exact) mass is 498 g/mol. The van der Waals surface area contributed by atoms with Gasteiger partial charge in [-0.3, -0.25) is 19.4 Å². The fourth-order valence-electron chi connectivity index (χ4n) is 3.95. The molecule has 11 N–H and O–H groups in total. The number of carbonyl (C=O) groups excluding carboxylic acids is 3. The molecule has 0 saturated carbocycles. The minimum absolute atomic E-state index is 0.0977. The predicted octanol–water partition coefficient (Wildman–Crippen LogP) is -1.80. The van der Waals surface area contributed by atoms with Crippen molar-refractivity contribution in [2.45, 2.75) is 83.0 Å². The number of rotatable bonds is 15. The van der Waals surface area contributed by atoms with Crippen LogP contribution in [-0.4, -0.2) is 83.5 Å². The van der Waals surface area contributed by atoms with Crippen LogP contribution in [0.5, 0.6) is 0 Å². The van der Waals surface area contributed by atoms with E-state index in [0.29, 0.717) is 38.8 Å². The Labute approximate surface area is 206 Å². The summed E-state index contributed by atoms with van der Waals surface area (Å²) in [5.41, 5.74) is 22.0. The molecule has 0 aromatic rings. The summed E-state index contributed by atoms with van der Waals surface area (Å²) in [4.78, 5) is 55.7. The van der Waals surface area contributed by atoms with Gasteiger partial charge in [-0.1, -0.05) is 20.3 Å². The van der Waals surface area contributed by atoms with Crippen molar-refractivity contribution in [3.05, 3.63) is 0 Å². The number of guanidine groups is 1. The molecule has 13 nitrogen and oxygen atoms in total. The highest BCUT2D eigenvalue weighted by Crippen LogP contribution is 2.20. The number of amides is 3. The van der Waals surface area contributed by atoms with Crippen molar-refractivity contribution in [1.82, 2.24) is 15.5 Å². The fourth-order valence-corrected chi connectivity index (χ4v) is 3.95. The number of aliphatic imine (C=N–C) groups is 1. The first-order chi connectivity index (χ1) is 16.5. The zero-order chi connectivity index (χ0) is 26.5. The molecule has 1 heterocycles. The van der Waals surface area contributed by atoms with E-state index in [1.807, 2.05) is 0 Å². The quantitative estimate of drug-likeness (QED) is 0.0765. The molecule has 4 atom stereocenters. The van der Waals surface area contributed by atoms with Gasteiger partial charge in [0.05, 0.1) is 6.04 Å². The number of nitrogens with one attached hydrogen (secondary N) is 2. The number of nitrogens with zero attached hydrogens (tertiary/aromatic N) is 2. The van der Waals surface area contributed by atoms with Gasteiger partial charge in [0.2, 0.25) is 17.7 Å². The Hall–Kier alpha value is -2.93. The van der Waals surface area contributed by atoms with Crippen LogP contribution in [0.25, 0.3) is 0 Å². The fraction of sp³-hybridized carbons (Fsp3) is 0.773. The number of nitrogens with two attached hydrogens (primary N) is 4. The van der Waals surface area contributed by atoms with Crippen LogP contribution in [0, 0.1) is 5.92 Å². The minimum atomic E-state index is -1.20. The molecule has 13 heteroatoms. The average molecular weight is 499 g/mol. The van der Waals surface area contributed by atoms with Crippen LogP contribution in [0.3, 0.4) is 0 Å². The van der Waals surface area contributed by atoms with Crippen molar-refractivity contribution in [3.8, 4) is 0 Å². The molecule has 0 spiro atoms. The van der Waals surface area contributed by atoms with Crippen molar-refractivity contribution in [3.63, 3.8) is 0 Å². The van der Waals surface area contributed by atoms with Gasteiger partial charge in [-0.05, 0) is 51.0 Å². The summed E-state index contributed by atoms with van der Waals surface area (Å²) in [5, 5.41) is 14.7. The molecule has 0 aromatic heterocycles. The molecule has 0 aliphatic carbocycles. The first-order valence-corrected chi connectivity index (χ1v) is 12.1. The lowest BCUT2D eigenvalue weighted by Gasteiger charge is -2.29. The van der Waals surface area contributed by atoms with Gasteiger partial charge in [-0.25, -0.2) is 4.79 Å². The predicted molar refractivity (Wildman–Crippen MR) is 132 cm³/mol. The average Bonchev–Trinajstić information content (AvgIpc) is 3.28. The Balaban J connectivity index is 2.79. The molecule has 3 amide bonds. The first kappa shape index (κ1) is 30.1. The smallest absolute Gasteiger partial charge is 0.326 e. The number of carbonyl (C=O) groups is 4. The molecular weight excluding hydrogens is 456 g/mol. The first-order valence-electron chi connectivity index (χ1n) is 12.1. The van der Waals surface area contributed by atoms with Gasteiger partial charge in [0.15, 0.2) is 5.96 Å². The van der Waals surface area contributed by atoms with E-state index < -0.39 is 42.0 Å². The van der Waals surface area contributed by atoms with E-state index in [1.165, 1.54) is 4.90 Å². The molecule has 0 aromatic carbocycles. The lowest BCUT2D eigenvalue weighted by molar-refractivity contribution is -0.143. The van der Waals surface area contributed by atoms with Crippen LogP contribution < -0.4 is 33.6 Å². The summed E-state index contributed by atoms with van der Waals surface area (Å²) >= 11 is 0. The molecule has 1 aliphatic heterocycles. The Bertz CT molecular complexity index is 756. The SMILES string of the molecule is CC(C)C(NC(=O)C1CCCN1C(=O)C(N)CCCCN)C(=O)NC(CCCN=C(N)N)C(=O)O. The third kappa shape index (κ3) is 10.1. The molecule has 0 bridgehead atoms. The normalized spacial score (nSPS) is 18.0. The molecule has 35 heavy (non-hydrogen) atoms. The number of hydrogen-bond acceptors (Lipinski definition) is 7. The van der Waals surface area contributed by atoms with Crippen LogP contribution in [-0.2, 0) is 19.2 Å². The van der Waals surface area contributed by atoms with Crippen molar-refractivity contribution in [2.24, 2.45) is 33.8 Å². The van der Waals surface area contributed by atoms with Crippen LogP contribution in [0.1, 0.15) is 58.8 Å². The molecule has 1 saturated heterocycles. The van der Waals surface area contributed by atoms with E-state index in [-0.39, 0.29) is 30.8 Å². The van der Waals surface area contributed by atoms with Gasteiger partial charge in [0.1, 0.15) is 18.1 Å². The highest BCUT2D eigenvalue weighted by atomic mass is 16.4. The van der Waals surface area contributed by atoms with Gasteiger partial charge in [-0.15, -0.1) is 0 Å². The molecule has 0 radical (unpaired) electrons. The highest BCUT2D eigenvalue weighted by Gasteiger charge is 2.38. The van der Waals surface area contributed by atoms with Crippen LogP contribution in [0.2, 0.25) is 0 Å². The van der Waals surface area contributed by atoms with Crippen molar-refractivity contribution in [1.29, 1.82) is 0 Å². The Morgan fingerprint density at radius 2 is 1.77 bits per heavy atom. The van der Waals surface area contributed by atoms with Gasteiger partial charge in [-0.2, -0.15) is 0 Å². The van der Waals surface area contributed by atoms with Gasteiger partial charge in [0.25, 0.3) is 0 Å². The van der Waals surface area contributed by atoms with Crippen molar-refractivity contribution >= 4 is 29.7 Å². The minimum Gasteiger partial charge on any atom is -0.480 e. The maximum absolute atomic E-state index is 13.1. The second-order valence-electron chi connectivity index (χ2n) is 9.16. The second kappa shape index (κ2) is 15.1. The lowest BCUT2D eigenvalue weighted by Crippen LogP contribution is -2.58. The topological polar surface area (TPSA) is 232 Å². The van der Waals surface area contributed by atoms with E-state index in [2.05, 4.69) is 15.6 Å². The number of unbranched alkanes of at least 4 members (excludes halogenated alkanes) is 1. The van der Waals surface area contributed by atoms with E-state index in [1.54, 1.807) is 13.8 Å². The Morgan fingerprint density at radius 3 is 2.34 bits per heavy atom. The maximum Gasteiger partial charge on any atom is 0.326 e. The number of carboxylic acid groups (broad SMARTS) is 1. The zero-order valence-corrected chi connectivity index (χ0v) is 20.7. The van der Waals surface area contributed by atoms with Crippen molar-refractivity contribution < 1.29 is 24.3 Å². The van der Waals surface area contributed by atoms with Gasteiger partial charge in [0, 0.05) is 13.1 Å². The largest absolute Gasteiger partial charge is 0.480 e. The van der Waals surface area contributed by atoms with E-state index in [0.717, 1.165) is 12.8 Å². The summed E-state index contributed by atoms with van der Waals surface area (Å²) in [6.45, 7) is 4.64. The van der Waals surface area contributed by atoms with Gasteiger partial charge < -0.3 is 43.6 Å². The Morgan fingerprint density at radius 1 is 1.09 bits per heavy atom. The second-order valence-corrected chi connectivity index (χ2v) is 9.16. The van der Waals surface area contributed by atoms with E-state index >= 15 is 0 Å². The molecule has 1 aliphatic rings. The summed E-state index contributed by atoms with van der Waals surface area (Å²) in [5.74, 6) is -2.99. The molecule has 200 valence electrons. The molecule has 1 fully saturated rings. The summed E-state index contributed by atoms with van der Waals surface area (Å²) < 4.78 is 0. The summed E-state index contributed by atoms with van der Waals surface area (Å²) in [6.07, 6.45) is 3.54. The third-order valence-electron chi connectivity index (χ3n) is 5.93. The number of carboxylic acids is 1. The van der Waals surface area contributed by atoms with Crippen LogP contribution >= 0.6 is 0 Å². The maximum atomic E-state index is 13.1. The summed E-state index contributed by atoms with van der Waals surface area (Å²) in [7, 11) is 0. The number of likely N-dealkylation sites (tertiary alicyclic amines) is 1. The molecule has 1 rings (SSSR count). The Kier molecular flexibility index (Phi) is 13.0. The number of aliphatic carboxylic acids is 1. The third-order valence-corrected chi connectivity index (χ3v) is 5.93. The number of hydrogen-bond donors (Lipinski definition) is 7. The van der Waals surface area contributed by atoms with E-state index in [9.17, 15) is 24.3 Å². The van der Waals surface area contributed by atoms with Gasteiger partial charge >= 0.3 is 5.97 Å². The zero-order valence-electron chi connectivity index (χ0n) is 20.7. The van der Waals surface area contributed by atoms with Crippen molar-refractivity contribution in [2.75, 3.05) is 19.6 Å². The van der Waals surface area contributed by atoms with Crippen LogP contribution in [0.15, 0.2) is 4.99 Å². The van der Waals surface area contributed by atoms with E-state index in [4.69, 9.17) is 22.9 Å². The summed E-state index contributed by atoms with van der Waals surface area (Å²) in [6, 6.07) is -3.58. The molecule has 4 unspecified atom stereocenters. The molecular formula is C22H42N8O5. The van der Waals surface area contributed by atoms with Crippen LogP contribution in [0.4, 0.5) is 0 Å². The lowest BCUT2D eigenvalue weighted by atomic mass is 10.0.